The lowest BCUT2D eigenvalue weighted by atomic mass is 9.49. The number of fused-ring (bicyclic) bond motifs is 6. The van der Waals surface area contributed by atoms with Crippen LogP contribution in [0.15, 0.2) is 54.6 Å². The number of ether oxygens (including phenoxy) is 1. The molecule has 0 amide bonds. The molecule has 1 aliphatic heterocycles. The molecule has 2 aromatic carbocycles. The number of rotatable bonds is 5. The Kier molecular flexibility index (Phi) is 5.85. The van der Waals surface area contributed by atoms with E-state index in [0.717, 1.165) is 32.4 Å². The summed E-state index contributed by atoms with van der Waals surface area (Å²) in [6, 6.07) is 15.8. The summed E-state index contributed by atoms with van der Waals surface area (Å²) in [6.07, 6.45) is 12.9. The first-order valence-electron chi connectivity index (χ1n) is 13.8. The van der Waals surface area contributed by atoms with Crippen LogP contribution < -0.4 is 0 Å². The molecule has 3 heteroatoms. The van der Waals surface area contributed by atoms with Gasteiger partial charge in [-0.1, -0.05) is 49.4 Å². The number of aromatic hydroxyl groups is 1. The van der Waals surface area contributed by atoms with Crippen molar-refractivity contribution >= 4 is 0 Å². The van der Waals surface area contributed by atoms with E-state index in [2.05, 4.69) is 68.4 Å². The minimum Gasteiger partial charge on any atom is -0.508 e. The predicted molar refractivity (Wildman–Crippen MR) is 142 cm³/mol. The summed E-state index contributed by atoms with van der Waals surface area (Å²) in [5, 5.41) is 10.2. The fourth-order valence-corrected chi connectivity index (χ4v) is 8.57. The largest absolute Gasteiger partial charge is 0.508 e. The van der Waals surface area contributed by atoms with Crippen LogP contribution in [0.3, 0.4) is 0 Å². The molecule has 0 bridgehead atoms. The Morgan fingerprint density at radius 3 is 2.66 bits per heavy atom. The Balaban J connectivity index is 1.38. The lowest BCUT2D eigenvalue weighted by Gasteiger charge is -2.56. The zero-order valence-corrected chi connectivity index (χ0v) is 21.7. The molecule has 0 saturated heterocycles. The van der Waals surface area contributed by atoms with Crippen LogP contribution in [0.2, 0.25) is 0 Å². The van der Waals surface area contributed by atoms with Gasteiger partial charge in [-0.15, -0.1) is 0 Å². The molecule has 1 spiro atoms. The summed E-state index contributed by atoms with van der Waals surface area (Å²) >= 11 is 0. The van der Waals surface area contributed by atoms with E-state index in [-0.39, 0.29) is 11.0 Å². The van der Waals surface area contributed by atoms with Crippen molar-refractivity contribution in [1.29, 1.82) is 0 Å². The molecule has 2 fully saturated rings. The maximum absolute atomic E-state index is 10.2. The first-order chi connectivity index (χ1) is 16.9. The first kappa shape index (κ1) is 23.3. The van der Waals surface area contributed by atoms with E-state index in [1.165, 1.54) is 47.9 Å². The second-order valence-electron chi connectivity index (χ2n) is 12.2. The topological polar surface area (TPSA) is 32.7 Å². The summed E-state index contributed by atoms with van der Waals surface area (Å²) in [4.78, 5) is 2.27. The second-order valence-corrected chi connectivity index (χ2v) is 12.2. The van der Waals surface area contributed by atoms with E-state index >= 15 is 0 Å². The summed E-state index contributed by atoms with van der Waals surface area (Å²) in [7, 11) is 4.30. The highest BCUT2D eigenvalue weighted by Gasteiger charge is 2.64. The molecular weight excluding hydrogens is 430 g/mol. The van der Waals surface area contributed by atoms with E-state index in [4.69, 9.17) is 4.74 Å². The first-order valence-corrected chi connectivity index (χ1v) is 13.8. The van der Waals surface area contributed by atoms with Crippen molar-refractivity contribution in [3.8, 4) is 5.75 Å². The number of phenols is 1. The van der Waals surface area contributed by atoms with E-state index in [1.807, 2.05) is 12.1 Å². The monoisotopic (exact) mass is 471 g/mol. The SMILES string of the molecule is CN(C)CCCc1ccc([C@H]2C[C@@]3(C)[C@@H](CCC34C=CCO4)[C@@H]3CCc4cc(O)ccc4[C@H]32)cc1. The number of hydrogen-bond acceptors (Lipinski definition) is 3. The number of hydrogen-bond donors (Lipinski definition) is 1. The number of phenolic OH excluding ortho intramolecular Hbond substituents is 1. The van der Waals surface area contributed by atoms with Gasteiger partial charge < -0.3 is 14.7 Å². The minimum absolute atomic E-state index is 0.0811. The Morgan fingerprint density at radius 2 is 1.91 bits per heavy atom. The molecule has 35 heavy (non-hydrogen) atoms. The molecule has 3 aliphatic carbocycles. The van der Waals surface area contributed by atoms with Crippen molar-refractivity contribution in [2.24, 2.45) is 17.3 Å². The van der Waals surface area contributed by atoms with Crippen LogP contribution in [0.5, 0.6) is 5.75 Å². The van der Waals surface area contributed by atoms with Gasteiger partial charge in [0.05, 0.1) is 12.2 Å². The van der Waals surface area contributed by atoms with Crippen molar-refractivity contribution < 1.29 is 9.84 Å². The van der Waals surface area contributed by atoms with Crippen LogP contribution in [-0.2, 0) is 17.6 Å². The van der Waals surface area contributed by atoms with E-state index in [1.54, 1.807) is 0 Å². The van der Waals surface area contributed by atoms with Crippen LogP contribution in [0.1, 0.15) is 73.1 Å². The average molecular weight is 472 g/mol. The zero-order valence-electron chi connectivity index (χ0n) is 21.7. The van der Waals surface area contributed by atoms with Crippen LogP contribution in [0.25, 0.3) is 0 Å². The summed E-state index contributed by atoms with van der Waals surface area (Å²) in [5.41, 5.74) is 5.88. The van der Waals surface area contributed by atoms with Gasteiger partial charge in [0.25, 0.3) is 0 Å². The van der Waals surface area contributed by atoms with E-state index in [9.17, 15) is 5.11 Å². The molecule has 186 valence electrons. The molecule has 6 rings (SSSR count). The molecule has 4 aliphatic rings. The van der Waals surface area contributed by atoms with Gasteiger partial charge in [0.2, 0.25) is 0 Å². The smallest absolute Gasteiger partial charge is 0.115 e. The number of benzene rings is 2. The summed E-state index contributed by atoms with van der Waals surface area (Å²) in [5.74, 6) is 2.78. The van der Waals surface area contributed by atoms with Crippen molar-refractivity contribution in [1.82, 2.24) is 4.90 Å². The molecule has 2 aromatic rings. The molecule has 3 nitrogen and oxygen atoms in total. The number of nitrogens with zero attached hydrogens (tertiary/aromatic N) is 1. The standard InChI is InChI=1S/C32H41NO2/c1-31-21-28(23-9-7-22(8-10-23)6-4-18-33(2)3)30-26-14-12-25(34)20-24(26)11-13-27(30)29(31)15-17-32(31)16-5-19-35-32/h5,7-10,12,14,16,20,27-30,34H,4,6,11,13,15,17-19,21H2,1-3H3/t27-,28+,29-,30+,31-,32?/m0/s1. The minimum atomic E-state index is -0.0811. The van der Waals surface area contributed by atoms with Crippen molar-refractivity contribution in [2.45, 2.75) is 69.3 Å². The van der Waals surface area contributed by atoms with Crippen LogP contribution >= 0.6 is 0 Å². The van der Waals surface area contributed by atoms with E-state index in [0.29, 0.717) is 29.4 Å². The molecule has 1 unspecified atom stereocenters. The van der Waals surface area contributed by atoms with Gasteiger partial charge >= 0.3 is 0 Å². The van der Waals surface area contributed by atoms with Crippen molar-refractivity contribution in [3.63, 3.8) is 0 Å². The highest BCUT2D eigenvalue weighted by molar-refractivity contribution is 5.44. The van der Waals surface area contributed by atoms with Crippen LogP contribution in [-0.4, -0.2) is 42.9 Å². The maximum Gasteiger partial charge on any atom is 0.115 e. The maximum atomic E-state index is 10.2. The fourth-order valence-electron chi connectivity index (χ4n) is 8.57. The quantitative estimate of drug-likeness (QED) is 0.508. The average Bonchev–Trinajstić information content (AvgIpc) is 3.44. The lowest BCUT2D eigenvalue weighted by Crippen LogP contribution is -2.52. The number of aryl methyl sites for hydroxylation is 2. The molecular formula is C32H41NO2. The Morgan fingerprint density at radius 1 is 1.09 bits per heavy atom. The molecule has 1 heterocycles. The van der Waals surface area contributed by atoms with Gasteiger partial charge in [-0.2, -0.15) is 0 Å². The fraction of sp³-hybridized carbons (Fsp3) is 0.562. The van der Waals surface area contributed by atoms with Gasteiger partial charge in [-0.05, 0) is 124 Å². The molecule has 0 aromatic heterocycles. The molecule has 2 saturated carbocycles. The Hall–Kier alpha value is -2.10. The van der Waals surface area contributed by atoms with Gasteiger partial charge in [-0.25, -0.2) is 0 Å². The molecule has 6 atom stereocenters. The van der Waals surface area contributed by atoms with Crippen LogP contribution in [0, 0.1) is 17.3 Å². The third kappa shape index (κ3) is 3.78. The normalized spacial score (nSPS) is 35.3. The lowest BCUT2D eigenvalue weighted by molar-refractivity contribution is -0.101. The molecule has 0 radical (unpaired) electrons. The third-order valence-corrected chi connectivity index (χ3v) is 10.2. The highest BCUT2D eigenvalue weighted by atomic mass is 16.5. The summed E-state index contributed by atoms with van der Waals surface area (Å²) in [6.45, 7) is 4.45. The van der Waals surface area contributed by atoms with Crippen molar-refractivity contribution in [3.05, 3.63) is 76.9 Å². The Bertz CT molecular complexity index is 1110. The second kappa shape index (κ2) is 8.78. The van der Waals surface area contributed by atoms with E-state index < -0.39 is 0 Å². The third-order valence-electron chi connectivity index (χ3n) is 10.2. The Labute approximate surface area is 211 Å². The van der Waals surface area contributed by atoms with Gasteiger partial charge in [0.1, 0.15) is 5.75 Å². The summed E-state index contributed by atoms with van der Waals surface area (Å²) < 4.78 is 6.56. The van der Waals surface area contributed by atoms with Crippen LogP contribution in [0.4, 0.5) is 0 Å². The van der Waals surface area contributed by atoms with Gasteiger partial charge in [-0.3, -0.25) is 0 Å². The molecule has 1 N–H and O–H groups in total. The highest BCUT2D eigenvalue weighted by Crippen LogP contribution is 2.69. The zero-order chi connectivity index (χ0) is 24.2. The predicted octanol–water partition coefficient (Wildman–Crippen LogP) is 6.46. The van der Waals surface area contributed by atoms with Gasteiger partial charge in [0, 0.05) is 5.41 Å². The van der Waals surface area contributed by atoms with Crippen molar-refractivity contribution in [2.75, 3.05) is 27.2 Å². The van der Waals surface area contributed by atoms with Gasteiger partial charge in [0.15, 0.2) is 0 Å².